The van der Waals surface area contributed by atoms with Crippen molar-refractivity contribution in [3.05, 3.63) is 68.2 Å². The number of sulfonamides is 1. The van der Waals surface area contributed by atoms with E-state index in [1.54, 1.807) is 6.07 Å². The summed E-state index contributed by atoms with van der Waals surface area (Å²) in [6, 6.07) is 6.35. The minimum absolute atomic E-state index is 0.0257. The third-order valence-corrected chi connectivity index (χ3v) is 9.75. The number of halogens is 4. The van der Waals surface area contributed by atoms with Crippen LogP contribution >= 0.6 is 11.6 Å². The van der Waals surface area contributed by atoms with Crippen LogP contribution in [0.1, 0.15) is 35.6 Å². The van der Waals surface area contributed by atoms with Crippen molar-refractivity contribution in [2.24, 2.45) is 0 Å². The molecule has 1 aliphatic heterocycles. The number of alkyl halides is 3. The first-order valence-electron chi connectivity index (χ1n) is 12.2. The Balaban J connectivity index is 1.93. The number of fused-ring (bicyclic) bond motifs is 1. The van der Waals surface area contributed by atoms with Crippen LogP contribution in [0.15, 0.2) is 40.3 Å². The first-order chi connectivity index (χ1) is 19.0. The van der Waals surface area contributed by atoms with Crippen molar-refractivity contribution in [2.75, 3.05) is 25.1 Å². The van der Waals surface area contributed by atoms with Gasteiger partial charge in [-0.1, -0.05) is 18.5 Å². The topological polar surface area (TPSA) is 151 Å². The van der Waals surface area contributed by atoms with Gasteiger partial charge in [0.05, 0.1) is 57.3 Å². The zero-order valence-electron chi connectivity index (χ0n) is 21.8. The summed E-state index contributed by atoms with van der Waals surface area (Å²) in [5.74, 6) is -0.235. The van der Waals surface area contributed by atoms with Crippen LogP contribution in [0, 0.1) is 11.3 Å². The lowest BCUT2D eigenvalue weighted by atomic mass is 9.85. The van der Waals surface area contributed by atoms with Gasteiger partial charge in [-0.25, -0.2) is 26.5 Å². The van der Waals surface area contributed by atoms with Crippen LogP contribution in [-0.4, -0.2) is 57.0 Å². The van der Waals surface area contributed by atoms with Crippen molar-refractivity contribution in [2.45, 2.75) is 42.9 Å². The third-order valence-electron chi connectivity index (χ3n) is 6.88. The van der Waals surface area contributed by atoms with Gasteiger partial charge in [-0.2, -0.15) is 18.4 Å². The Labute approximate surface area is 239 Å². The fraction of sp³-hybridized carbons (Fsp3) is 0.400. The summed E-state index contributed by atoms with van der Waals surface area (Å²) in [7, 11) is -7.57. The molecule has 0 aliphatic carbocycles. The van der Waals surface area contributed by atoms with Crippen LogP contribution < -0.4 is 15.6 Å². The number of benzene rings is 2. The Morgan fingerprint density at radius 2 is 1.95 bits per heavy atom. The van der Waals surface area contributed by atoms with Crippen LogP contribution in [0.3, 0.4) is 0 Å². The number of rotatable bonds is 8. The molecular formula is C25H25ClF3N5O5S2. The summed E-state index contributed by atoms with van der Waals surface area (Å²) in [5.41, 5.74) is -4.68. The van der Waals surface area contributed by atoms with Gasteiger partial charge in [0.25, 0.3) is 5.56 Å². The van der Waals surface area contributed by atoms with Crippen LogP contribution in [0.25, 0.3) is 10.9 Å². The molecule has 0 spiro atoms. The molecule has 1 fully saturated rings. The molecule has 2 heterocycles. The summed E-state index contributed by atoms with van der Waals surface area (Å²) < 4.78 is 95.9. The van der Waals surface area contributed by atoms with Gasteiger partial charge in [-0.3, -0.25) is 9.36 Å². The molecule has 1 aliphatic rings. The van der Waals surface area contributed by atoms with Crippen molar-refractivity contribution >= 4 is 42.4 Å². The van der Waals surface area contributed by atoms with Gasteiger partial charge in [0.1, 0.15) is 6.07 Å². The van der Waals surface area contributed by atoms with Crippen molar-refractivity contribution in [1.29, 1.82) is 5.26 Å². The van der Waals surface area contributed by atoms with E-state index in [4.69, 9.17) is 11.6 Å². The second-order valence-electron chi connectivity index (χ2n) is 9.87. The fourth-order valence-corrected chi connectivity index (χ4v) is 7.41. The highest BCUT2D eigenvalue weighted by Gasteiger charge is 2.42. The molecule has 10 nitrogen and oxygen atoms in total. The maximum Gasteiger partial charge on any atom is 0.416 e. The Kier molecular flexibility index (Phi) is 8.29. The van der Waals surface area contributed by atoms with E-state index in [0.29, 0.717) is 12.6 Å². The van der Waals surface area contributed by atoms with E-state index >= 15 is 0 Å². The van der Waals surface area contributed by atoms with Crippen molar-refractivity contribution < 1.29 is 30.0 Å². The van der Waals surface area contributed by atoms with Gasteiger partial charge in [0, 0.05) is 11.6 Å². The lowest BCUT2D eigenvalue weighted by molar-refractivity contribution is -0.138. The average molecular weight is 632 g/mol. The highest BCUT2D eigenvalue weighted by Crippen LogP contribution is 2.38. The van der Waals surface area contributed by atoms with Crippen molar-refractivity contribution in [1.82, 2.24) is 19.6 Å². The number of aromatic nitrogens is 2. The summed E-state index contributed by atoms with van der Waals surface area (Å²) >= 11 is 6.05. The zero-order valence-corrected chi connectivity index (χ0v) is 24.2. The largest absolute Gasteiger partial charge is 0.416 e. The highest BCUT2D eigenvalue weighted by atomic mass is 35.5. The molecule has 0 unspecified atom stereocenters. The molecule has 4 rings (SSSR count). The molecule has 0 amide bonds. The van der Waals surface area contributed by atoms with Crippen LogP contribution in [-0.2, 0) is 39.0 Å². The van der Waals surface area contributed by atoms with Gasteiger partial charge in [-0.15, -0.1) is 0 Å². The quantitative estimate of drug-likeness (QED) is 0.385. The predicted molar refractivity (Wildman–Crippen MR) is 146 cm³/mol. The molecular weight excluding hydrogens is 607 g/mol. The Morgan fingerprint density at radius 3 is 2.51 bits per heavy atom. The Bertz CT molecular complexity index is 1850. The second kappa shape index (κ2) is 11.0. The van der Waals surface area contributed by atoms with Gasteiger partial charge in [0.2, 0.25) is 10.0 Å². The second-order valence-corrected chi connectivity index (χ2v) is 14.3. The fourth-order valence-electron chi connectivity index (χ4n) is 5.08. The number of hydrogen-bond donors (Lipinski definition) is 2. The number of hydrogen-bond acceptors (Lipinski definition) is 8. The molecule has 0 radical (unpaired) electrons. The molecule has 1 atom stereocenters. The molecule has 1 aromatic heterocycles. The van der Waals surface area contributed by atoms with Gasteiger partial charge < -0.3 is 5.32 Å². The summed E-state index contributed by atoms with van der Waals surface area (Å²) in [5, 5.41) is 12.6. The predicted octanol–water partition coefficient (Wildman–Crippen LogP) is 2.61. The maximum atomic E-state index is 14.4. The maximum absolute atomic E-state index is 14.4. The third kappa shape index (κ3) is 6.41. The first kappa shape index (κ1) is 30.9. The van der Waals surface area contributed by atoms with Gasteiger partial charge >= 0.3 is 6.18 Å². The van der Waals surface area contributed by atoms with E-state index in [1.807, 2.05) is 0 Å². The van der Waals surface area contributed by atoms with Crippen molar-refractivity contribution in [3.63, 3.8) is 0 Å². The molecule has 3 aromatic rings. The van der Waals surface area contributed by atoms with Crippen LogP contribution in [0.5, 0.6) is 0 Å². The molecule has 2 aromatic carbocycles. The molecule has 41 heavy (non-hydrogen) atoms. The van der Waals surface area contributed by atoms with E-state index in [2.05, 4.69) is 15.0 Å². The lowest BCUT2D eigenvalue weighted by Crippen LogP contribution is -2.51. The zero-order chi connectivity index (χ0) is 30.4. The monoisotopic (exact) mass is 631 g/mol. The summed E-state index contributed by atoms with van der Waals surface area (Å²) in [4.78, 5) is 17.5. The SMILES string of the molecule is CCS(=O)(=O)c1ccc(Cl)cc1Cn1cnc2c(C#N)c(C[C@@]3(NS(C)(=O)=O)CCNC3)c(C(F)(F)F)cc2c1=O. The molecule has 2 N–H and O–H groups in total. The minimum Gasteiger partial charge on any atom is -0.315 e. The molecule has 16 heteroatoms. The molecule has 1 saturated heterocycles. The standard InChI is InChI=1S/C25H25ClF3N5O5S2/c1-3-41(38,39)21-5-4-16(26)8-15(21)12-34-14-32-22-17(23(34)35)9-20(25(27,28)29)18(19(22)11-30)10-24(6-7-31-13-24)33-40(2,36)37/h4-5,8-9,14,31,33H,3,6-7,10,12-13H2,1-2H3/t24-/m0/s1. The van der Waals surface area contributed by atoms with E-state index in [0.717, 1.165) is 17.2 Å². The lowest BCUT2D eigenvalue weighted by Gasteiger charge is -2.30. The van der Waals surface area contributed by atoms with E-state index in [1.165, 1.54) is 25.1 Å². The number of nitrogens with zero attached hydrogens (tertiary/aromatic N) is 3. The smallest absolute Gasteiger partial charge is 0.315 e. The molecule has 220 valence electrons. The Hall–Kier alpha value is -3.03. The summed E-state index contributed by atoms with van der Waals surface area (Å²) in [6.07, 6.45) is -3.40. The number of sulfone groups is 1. The number of nitriles is 1. The van der Waals surface area contributed by atoms with Crippen molar-refractivity contribution in [3.8, 4) is 6.07 Å². The average Bonchev–Trinajstić information content (AvgIpc) is 3.30. The van der Waals surface area contributed by atoms with E-state index < -0.39 is 65.6 Å². The highest BCUT2D eigenvalue weighted by molar-refractivity contribution is 7.91. The van der Waals surface area contributed by atoms with Gasteiger partial charge in [0.15, 0.2) is 9.84 Å². The number of nitrogens with one attached hydrogen (secondary N) is 2. The molecule has 0 bridgehead atoms. The minimum atomic E-state index is -5.00. The normalized spacial score (nSPS) is 18.1. The van der Waals surface area contributed by atoms with E-state index in [9.17, 15) is 40.1 Å². The first-order valence-corrected chi connectivity index (χ1v) is 16.2. The van der Waals surface area contributed by atoms with Crippen LogP contribution in [0.4, 0.5) is 13.2 Å². The van der Waals surface area contributed by atoms with E-state index in [-0.39, 0.29) is 46.3 Å². The summed E-state index contributed by atoms with van der Waals surface area (Å²) in [6.45, 7) is 1.43. The Morgan fingerprint density at radius 1 is 1.24 bits per heavy atom. The van der Waals surface area contributed by atoms with Crippen LogP contribution in [0.2, 0.25) is 5.02 Å². The molecule has 0 saturated carbocycles. The van der Waals surface area contributed by atoms with Gasteiger partial charge in [-0.05, 0) is 54.8 Å².